The first-order valence-electron chi connectivity index (χ1n) is 6.00. The smallest absolute Gasteiger partial charge is 0.317 e. The number of carbonyl (C=O) groups excluding carboxylic acids is 1. The highest BCUT2D eigenvalue weighted by Crippen LogP contribution is 2.01. The summed E-state index contributed by atoms with van der Waals surface area (Å²) in [5, 5.41) is 17.4. The number of hydrogen-bond acceptors (Lipinski definition) is 5. The summed E-state index contributed by atoms with van der Waals surface area (Å²) in [6, 6.07) is 0. The lowest BCUT2D eigenvalue weighted by molar-refractivity contribution is -0.143. The minimum atomic E-state index is -1.15. The zero-order valence-electron chi connectivity index (χ0n) is 10.9. The highest BCUT2D eigenvalue weighted by Gasteiger charge is 2.23. The van der Waals surface area contributed by atoms with E-state index in [0.717, 1.165) is 18.0 Å². The molecule has 0 saturated carbocycles. The van der Waals surface area contributed by atoms with Gasteiger partial charge in [0.1, 0.15) is 0 Å². The number of carboxylic acids is 2. The van der Waals surface area contributed by atoms with Crippen molar-refractivity contribution < 1.29 is 24.6 Å². The fraction of sp³-hybridized carbons (Fsp3) is 0.727. The van der Waals surface area contributed by atoms with Gasteiger partial charge < -0.3 is 20.0 Å². The zero-order valence-corrected chi connectivity index (χ0v) is 10.9. The molecule has 1 saturated heterocycles. The Labute approximate surface area is 111 Å². The number of piperazine rings is 1. The second-order valence-electron chi connectivity index (χ2n) is 4.62. The van der Waals surface area contributed by atoms with Gasteiger partial charge in [-0.2, -0.15) is 0 Å². The van der Waals surface area contributed by atoms with Gasteiger partial charge in [0.05, 0.1) is 19.6 Å². The maximum absolute atomic E-state index is 12.0. The first-order valence-corrected chi connectivity index (χ1v) is 6.00. The van der Waals surface area contributed by atoms with Gasteiger partial charge in [-0.25, -0.2) is 0 Å². The van der Waals surface area contributed by atoms with Crippen LogP contribution in [-0.2, 0) is 14.4 Å². The average Bonchev–Trinajstić information content (AvgIpc) is 2.27. The molecule has 0 unspecified atom stereocenters. The van der Waals surface area contributed by atoms with Crippen LogP contribution in [0.15, 0.2) is 0 Å². The Hall–Kier alpha value is -1.67. The van der Waals surface area contributed by atoms with Crippen LogP contribution in [0.3, 0.4) is 0 Å². The van der Waals surface area contributed by atoms with Crippen molar-refractivity contribution in [3.8, 4) is 0 Å². The third-order valence-electron chi connectivity index (χ3n) is 2.93. The molecule has 1 amide bonds. The summed E-state index contributed by atoms with van der Waals surface area (Å²) in [5.74, 6) is -2.52. The third-order valence-corrected chi connectivity index (χ3v) is 2.93. The Balaban J connectivity index is 2.50. The van der Waals surface area contributed by atoms with E-state index in [-0.39, 0.29) is 12.5 Å². The molecule has 19 heavy (non-hydrogen) atoms. The van der Waals surface area contributed by atoms with Crippen molar-refractivity contribution in [2.45, 2.75) is 0 Å². The van der Waals surface area contributed by atoms with Gasteiger partial charge in [0.15, 0.2) is 0 Å². The number of nitrogens with zero attached hydrogens (tertiary/aromatic N) is 3. The highest BCUT2D eigenvalue weighted by molar-refractivity contribution is 5.80. The Morgan fingerprint density at radius 3 is 1.84 bits per heavy atom. The van der Waals surface area contributed by atoms with Gasteiger partial charge in [0.2, 0.25) is 5.91 Å². The van der Waals surface area contributed by atoms with Gasteiger partial charge in [-0.15, -0.1) is 0 Å². The van der Waals surface area contributed by atoms with E-state index in [1.165, 1.54) is 0 Å². The minimum absolute atomic E-state index is 0.178. The zero-order chi connectivity index (χ0) is 14.4. The van der Waals surface area contributed by atoms with Crippen LogP contribution in [0.2, 0.25) is 0 Å². The van der Waals surface area contributed by atoms with E-state index in [2.05, 4.69) is 4.90 Å². The van der Waals surface area contributed by atoms with E-state index in [0.29, 0.717) is 13.1 Å². The lowest BCUT2D eigenvalue weighted by Gasteiger charge is -2.33. The molecule has 1 fully saturated rings. The largest absolute Gasteiger partial charge is 0.480 e. The van der Waals surface area contributed by atoms with Crippen molar-refractivity contribution in [3.63, 3.8) is 0 Å². The van der Waals surface area contributed by atoms with Gasteiger partial charge in [-0.05, 0) is 7.05 Å². The summed E-state index contributed by atoms with van der Waals surface area (Å²) in [6.07, 6.45) is 0. The highest BCUT2D eigenvalue weighted by atomic mass is 16.4. The molecule has 108 valence electrons. The number of amides is 1. The van der Waals surface area contributed by atoms with Crippen LogP contribution in [-0.4, -0.2) is 95.6 Å². The second kappa shape index (κ2) is 7.05. The van der Waals surface area contributed by atoms with E-state index in [4.69, 9.17) is 10.2 Å². The molecule has 1 aliphatic heterocycles. The van der Waals surface area contributed by atoms with Crippen LogP contribution < -0.4 is 0 Å². The summed E-state index contributed by atoms with van der Waals surface area (Å²) in [4.78, 5) is 38.1. The molecular formula is C11H19N3O5. The molecule has 0 atom stereocenters. The predicted molar refractivity (Wildman–Crippen MR) is 65.8 cm³/mol. The van der Waals surface area contributed by atoms with Crippen molar-refractivity contribution in [2.24, 2.45) is 0 Å². The molecule has 0 aliphatic carbocycles. The van der Waals surface area contributed by atoms with Crippen molar-refractivity contribution >= 4 is 17.8 Å². The number of aliphatic carboxylic acids is 2. The molecule has 8 nitrogen and oxygen atoms in total. The normalized spacial score (nSPS) is 16.6. The van der Waals surface area contributed by atoms with Crippen molar-refractivity contribution in [3.05, 3.63) is 0 Å². The monoisotopic (exact) mass is 273 g/mol. The third kappa shape index (κ3) is 5.66. The van der Waals surface area contributed by atoms with Crippen molar-refractivity contribution in [2.75, 3.05) is 52.9 Å². The predicted octanol–water partition coefficient (Wildman–Crippen LogP) is -1.77. The van der Waals surface area contributed by atoms with E-state index >= 15 is 0 Å². The number of carbonyl (C=O) groups is 3. The molecule has 0 spiro atoms. The van der Waals surface area contributed by atoms with Gasteiger partial charge in [0.25, 0.3) is 0 Å². The molecule has 0 aromatic rings. The van der Waals surface area contributed by atoms with E-state index in [9.17, 15) is 14.4 Å². The average molecular weight is 273 g/mol. The lowest BCUT2D eigenvalue weighted by atomic mass is 10.3. The summed E-state index contributed by atoms with van der Waals surface area (Å²) in [5.41, 5.74) is 0. The molecule has 0 radical (unpaired) electrons. The maximum Gasteiger partial charge on any atom is 0.317 e. The van der Waals surface area contributed by atoms with E-state index < -0.39 is 25.0 Å². The molecule has 2 N–H and O–H groups in total. The second-order valence-corrected chi connectivity index (χ2v) is 4.62. The standard InChI is InChI=1S/C11H19N3O5/c1-12-2-4-14(5-3-12)9(15)6-13(7-10(16)17)8-11(18)19/h2-8H2,1H3,(H,16,17)(H,18,19). The van der Waals surface area contributed by atoms with E-state index in [1.807, 2.05) is 7.05 Å². The number of likely N-dealkylation sites (N-methyl/N-ethyl adjacent to an activating group) is 1. The molecular weight excluding hydrogens is 254 g/mol. The Bertz CT molecular complexity index is 336. The molecule has 0 aromatic heterocycles. The van der Waals surface area contributed by atoms with Crippen molar-refractivity contribution in [1.82, 2.24) is 14.7 Å². The molecule has 1 rings (SSSR count). The summed E-state index contributed by atoms with van der Waals surface area (Å²) < 4.78 is 0. The summed E-state index contributed by atoms with van der Waals surface area (Å²) >= 11 is 0. The van der Waals surface area contributed by atoms with Gasteiger partial charge in [-0.1, -0.05) is 0 Å². The van der Waals surface area contributed by atoms with Crippen LogP contribution in [0.25, 0.3) is 0 Å². The molecule has 8 heteroatoms. The van der Waals surface area contributed by atoms with Crippen LogP contribution in [0.4, 0.5) is 0 Å². The molecule has 0 aromatic carbocycles. The fourth-order valence-electron chi connectivity index (χ4n) is 1.90. The Morgan fingerprint density at radius 2 is 1.42 bits per heavy atom. The van der Waals surface area contributed by atoms with Gasteiger partial charge in [-0.3, -0.25) is 19.3 Å². The lowest BCUT2D eigenvalue weighted by Crippen LogP contribution is -2.51. The fourth-order valence-corrected chi connectivity index (χ4v) is 1.90. The van der Waals surface area contributed by atoms with Gasteiger partial charge in [0, 0.05) is 26.2 Å². The maximum atomic E-state index is 12.0. The van der Waals surface area contributed by atoms with Crippen molar-refractivity contribution in [1.29, 1.82) is 0 Å². The van der Waals surface area contributed by atoms with E-state index in [1.54, 1.807) is 4.90 Å². The van der Waals surface area contributed by atoms with Crippen LogP contribution in [0, 0.1) is 0 Å². The Morgan fingerprint density at radius 1 is 0.947 bits per heavy atom. The van der Waals surface area contributed by atoms with Crippen LogP contribution in [0.1, 0.15) is 0 Å². The van der Waals surface area contributed by atoms with Crippen LogP contribution >= 0.6 is 0 Å². The topological polar surface area (TPSA) is 101 Å². The minimum Gasteiger partial charge on any atom is -0.480 e. The van der Waals surface area contributed by atoms with Gasteiger partial charge >= 0.3 is 11.9 Å². The Kier molecular flexibility index (Phi) is 5.71. The summed E-state index contributed by atoms with van der Waals surface area (Å²) in [6.45, 7) is 1.62. The van der Waals surface area contributed by atoms with Crippen LogP contribution in [0.5, 0.6) is 0 Å². The first kappa shape index (κ1) is 15.4. The summed E-state index contributed by atoms with van der Waals surface area (Å²) in [7, 11) is 1.96. The number of carboxylic acid groups (broad SMARTS) is 2. The first-order chi connectivity index (χ1) is 8.88. The number of hydrogen-bond donors (Lipinski definition) is 2. The molecule has 0 bridgehead atoms. The quantitative estimate of drug-likeness (QED) is 0.590. The number of rotatable bonds is 6. The molecule has 1 aliphatic rings. The SMILES string of the molecule is CN1CCN(C(=O)CN(CC(=O)O)CC(=O)O)CC1. The molecule has 1 heterocycles.